The minimum absolute atomic E-state index is 0.0738. The van der Waals surface area contributed by atoms with Crippen molar-refractivity contribution in [1.82, 2.24) is 9.13 Å². The Balaban J connectivity index is 1.97. The van der Waals surface area contributed by atoms with Crippen molar-refractivity contribution in [3.63, 3.8) is 0 Å². The smallest absolute Gasteiger partial charge is 0.323 e. The molecule has 2 aromatic heterocycles. The summed E-state index contributed by atoms with van der Waals surface area (Å²) in [7, 11) is 0. The van der Waals surface area contributed by atoms with E-state index in [1.54, 1.807) is 18.4 Å². The Morgan fingerprint density at radius 1 is 1.21 bits per heavy atom. The van der Waals surface area contributed by atoms with Gasteiger partial charge >= 0.3 is 11.9 Å². The minimum atomic E-state index is -4.60. The second kappa shape index (κ2) is 8.03. The highest BCUT2D eigenvalue weighted by molar-refractivity contribution is 7.17. The molecule has 154 valence electrons. The number of hydrogen-bond donors (Lipinski definition) is 1. The van der Waals surface area contributed by atoms with Gasteiger partial charge in [0.05, 0.1) is 21.8 Å². The molecule has 1 aromatic carbocycles. The first-order chi connectivity index (χ1) is 13.6. The summed E-state index contributed by atoms with van der Waals surface area (Å²) in [6.07, 6.45) is -4.06. The number of alkyl halides is 3. The van der Waals surface area contributed by atoms with E-state index in [2.05, 4.69) is 5.32 Å². The lowest BCUT2D eigenvalue weighted by molar-refractivity contribution is -0.137. The summed E-state index contributed by atoms with van der Waals surface area (Å²) in [5.74, 6) is -0.748. The Bertz CT molecular complexity index is 1200. The molecule has 2 heterocycles. The lowest BCUT2D eigenvalue weighted by Crippen LogP contribution is -2.41. The van der Waals surface area contributed by atoms with Gasteiger partial charge in [0, 0.05) is 6.54 Å². The number of nitrogens with zero attached hydrogens (tertiary/aromatic N) is 2. The lowest BCUT2D eigenvalue weighted by atomic mass is 10.2. The fraction of sp³-hybridized carbons (Fsp3) is 0.278. The molecular weight excluding hydrogens is 431 g/mol. The second-order valence-electron chi connectivity index (χ2n) is 6.20. The number of carbonyl (C=O) groups excluding carboxylic acids is 1. The Hall–Kier alpha value is -2.59. The van der Waals surface area contributed by atoms with Crippen LogP contribution in [0.3, 0.4) is 0 Å². The first-order valence-electron chi connectivity index (χ1n) is 8.51. The molecule has 0 aliphatic carbocycles. The van der Waals surface area contributed by atoms with Crippen molar-refractivity contribution in [3.05, 3.63) is 61.1 Å². The molecule has 3 rings (SSSR count). The number of amides is 1. The van der Waals surface area contributed by atoms with Gasteiger partial charge < -0.3 is 5.32 Å². The molecule has 0 atom stereocenters. The molecule has 0 bridgehead atoms. The number of aromatic nitrogens is 2. The van der Waals surface area contributed by atoms with Gasteiger partial charge in [0.1, 0.15) is 11.2 Å². The van der Waals surface area contributed by atoms with Crippen LogP contribution in [0.25, 0.3) is 10.2 Å². The van der Waals surface area contributed by atoms with Crippen molar-refractivity contribution >= 4 is 44.7 Å². The fourth-order valence-corrected chi connectivity index (χ4v) is 3.85. The zero-order chi connectivity index (χ0) is 21.3. The van der Waals surface area contributed by atoms with Crippen LogP contribution in [-0.2, 0) is 24.1 Å². The van der Waals surface area contributed by atoms with E-state index in [1.165, 1.54) is 0 Å². The van der Waals surface area contributed by atoms with Crippen LogP contribution in [0.5, 0.6) is 0 Å². The lowest BCUT2D eigenvalue weighted by Gasteiger charge is -2.14. The van der Waals surface area contributed by atoms with Crippen LogP contribution < -0.4 is 16.6 Å². The maximum Gasteiger partial charge on any atom is 0.416 e. The molecule has 0 radical (unpaired) electrons. The summed E-state index contributed by atoms with van der Waals surface area (Å²) in [5, 5.41) is 3.86. The number of thiophene rings is 1. The van der Waals surface area contributed by atoms with Gasteiger partial charge in [-0.25, -0.2) is 4.79 Å². The van der Waals surface area contributed by atoms with Crippen molar-refractivity contribution in [1.29, 1.82) is 0 Å². The molecule has 0 aliphatic heterocycles. The predicted octanol–water partition coefficient (Wildman–Crippen LogP) is 3.95. The number of fused-ring (bicyclic) bond motifs is 1. The van der Waals surface area contributed by atoms with Crippen LogP contribution in [0, 0.1) is 0 Å². The summed E-state index contributed by atoms with van der Waals surface area (Å²) in [6, 6.07) is 4.10. The van der Waals surface area contributed by atoms with Crippen LogP contribution in [0.1, 0.15) is 18.9 Å². The third kappa shape index (κ3) is 4.23. The van der Waals surface area contributed by atoms with E-state index in [0.717, 1.165) is 38.7 Å². The normalized spacial score (nSPS) is 11.8. The van der Waals surface area contributed by atoms with Crippen LogP contribution in [0.2, 0.25) is 5.02 Å². The molecule has 11 heteroatoms. The Kier molecular flexibility index (Phi) is 5.85. The minimum Gasteiger partial charge on any atom is -0.323 e. The van der Waals surface area contributed by atoms with Crippen LogP contribution in [0.4, 0.5) is 18.9 Å². The molecule has 29 heavy (non-hydrogen) atoms. The van der Waals surface area contributed by atoms with Gasteiger partial charge in [-0.05, 0) is 36.1 Å². The molecule has 0 unspecified atom stereocenters. The summed E-state index contributed by atoms with van der Waals surface area (Å²) < 4.78 is 41.2. The topological polar surface area (TPSA) is 73.1 Å². The number of carbonyl (C=O) groups is 1. The van der Waals surface area contributed by atoms with Crippen molar-refractivity contribution in [2.75, 3.05) is 5.32 Å². The zero-order valence-electron chi connectivity index (χ0n) is 15.0. The maximum atomic E-state index is 12.9. The van der Waals surface area contributed by atoms with Crippen molar-refractivity contribution in [2.24, 2.45) is 0 Å². The third-order valence-corrected chi connectivity index (χ3v) is 5.37. The Morgan fingerprint density at radius 3 is 2.59 bits per heavy atom. The fourth-order valence-electron chi connectivity index (χ4n) is 2.84. The molecule has 0 saturated heterocycles. The van der Waals surface area contributed by atoms with Crippen LogP contribution >= 0.6 is 22.9 Å². The average molecular weight is 446 g/mol. The molecule has 0 spiro atoms. The highest BCUT2D eigenvalue weighted by Crippen LogP contribution is 2.33. The first-order valence-corrected chi connectivity index (χ1v) is 9.76. The van der Waals surface area contributed by atoms with E-state index >= 15 is 0 Å². The first kappa shape index (κ1) is 21.1. The summed E-state index contributed by atoms with van der Waals surface area (Å²) in [4.78, 5) is 37.6. The largest absolute Gasteiger partial charge is 0.416 e. The van der Waals surface area contributed by atoms with E-state index in [-0.39, 0.29) is 17.3 Å². The molecule has 0 fully saturated rings. The summed E-state index contributed by atoms with van der Waals surface area (Å²) in [5.41, 5.74) is -1.98. The number of anilines is 1. The Morgan fingerprint density at radius 2 is 1.93 bits per heavy atom. The number of benzene rings is 1. The molecule has 1 amide bonds. The van der Waals surface area contributed by atoms with E-state index in [1.807, 2.05) is 0 Å². The highest BCUT2D eigenvalue weighted by Gasteiger charge is 2.31. The van der Waals surface area contributed by atoms with Gasteiger partial charge in [0.15, 0.2) is 0 Å². The predicted molar refractivity (Wildman–Crippen MR) is 106 cm³/mol. The van der Waals surface area contributed by atoms with Gasteiger partial charge in [-0.2, -0.15) is 13.2 Å². The van der Waals surface area contributed by atoms with Gasteiger partial charge in [-0.15, -0.1) is 11.3 Å². The van der Waals surface area contributed by atoms with E-state index in [0.29, 0.717) is 16.6 Å². The third-order valence-electron chi connectivity index (χ3n) is 4.15. The van der Waals surface area contributed by atoms with E-state index < -0.39 is 35.4 Å². The molecule has 3 aromatic rings. The number of hydrogen-bond acceptors (Lipinski definition) is 4. The Labute approximate surface area is 171 Å². The number of nitrogens with one attached hydrogen (secondary N) is 1. The van der Waals surface area contributed by atoms with Crippen LogP contribution in [0.15, 0.2) is 39.2 Å². The quantitative estimate of drug-likeness (QED) is 0.646. The van der Waals surface area contributed by atoms with Crippen LogP contribution in [-0.4, -0.2) is 15.0 Å². The standard InChI is InChI=1S/C18H15ClF3N3O3S/c1-2-6-24-16(27)15-13(5-7-29-15)25(17(24)28)9-14(26)23-12-8-10(18(20,21)22)3-4-11(12)19/h3-5,7-8H,2,6,9H2,1H3,(H,23,26). The molecule has 0 saturated carbocycles. The van der Waals surface area contributed by atoms with Crippen molar-refractivity contribution in [3.8, 4) is 0 Å². The summed E-state index contributed by atoms with van der Waals surface area (Å²) >= 11 is 7.04. The number of rotatable bonds is 5. The zero-order valence-corrected chi connectivity index (χ0v) is 16.6. The van der Waals surface area contributed by atoms with Gasteiger partial charge in [-0.3, -0.25) is 18.7 Å². The highest BCUT2D eigenvalue weighted by atomic mass is 35.5. The second-order valence-corrected chi connectivity index (χ2v) is 7.52. The van der Waals surface area contributed by atoms with E-state index in [9.17, 15) is 27.6 Å². The monoisotopic (exact) mass is 445 g/mol. The molecule has 6 nitrogen and oxygen atoms in total. The van der Waals surface area contributed by atoms with Crippen molar-refractivity contribution in [2.45, 2.75) is 32.6 Å². The SMILES string of the molecule is CCCn1c(=O)c2sccc2n(CC(=O)Nc2cc(C(F)(F)F)ccc2Cl)c1=O. The van der Waals surface area contributed by atoms with Crippen molar-refractivity contribution < 1.29 is 18.0 Å². The average Bonchev–Trinajstić information content (AvgIpc) is 3.13. The van der Waals surface area contributed by atoms with Gasteiger partial charge in [0.2, 0.25) is 5.91 Å². The molecule has 1 N–H and O–H groups in total. The maximum absolute atomic E-state index is 12.9. The molecule has 0 aliphatic rings. The van der Waals surface area contributed by atoms with E-state index in [4.69, 9.17) is 11.6 Å². The number of halogens is 4. The summed E-state index contributed by atoms with van der Waals surface area (Å²) in [6.45, 7) is 1.51. The van der Waals surface area contributed by atoms with Gasteiger partial charge in [0.25, 0.3) is 5.56 Å². The molecular formula is C18H15ClF3N3O3S. The van der Waals surface area contributed by atoms with Gasteiger partial charge in [-0.1, -0.05) is 18.5 Å².